The van der Waals surface area contributed by atoms with Crippen molar-refractivity contribution in [3.05, 3.63) is 77.2 Å². The van der Waals surface area contributed by atoms with E-state index in [1.54, 1.807) is 57.4 Å². The highest BCUT2D eigenvalue weighted by Crippen LogP contribution is 2.38. The molecule has 0 spiro atoms. The van der Waals surface area contributed by atoms with Crippen LogP contribution in [0.3, 0.4) is 0 Å². The molecular weight excluding hydrogens is 448 g/mol. The number of aryl methyl sites for hydroxylation is 1. The van der Waals surface area contributed by atoms with Gasteiger partial charge in [-0.1, -0.05) is 0 Å². The zero-order chi connectivity index (χ0) is 24.9. The summed E-state index contributed by atoms with van der Waals surface area (Å²) in [5, 5.41) is 35.6. The van der Waals surface area contributed by atoms with Gasteiger partial charge in [-0.2, -0.15) is 15.0 Å². The van der Waals surface area contributed by atoms with Crippen LogP contribution in [0.2, 0.25) is 0 Å². The Hall–Kier alpha value is -5.11. The second-order valence-electron chi connectivity index (χ2n) is 7.40. The largest absolute Gasteiger partial charge is 0.505 e. The SMILES string of the molecule is COc1ccc(NC(=O)c2cc(C)c(C)c(N=Nc3c(C#N)cnn3-c3ncccn3)c2O)cc1. The number of nitrogens with one attached hydrogen (secondary N) is 1. The molecule has 2 aromatic carbocycles. The van der Waals surface area contributed by atoms with E-state index in [2.05, 4.69) is 30.6 Å². The number of amides is 1. The maximum atomic E-state index is 12.9. The highest BCUT2D eigenvalue weighted by atomic mass is 16.5. The summed E-state index contributed by atoms with van der Waals surface area (Å²) in [4.78, 5) is 21.2. The first kappa shape index (κ1) is 23.1. The summed E-state index contributed by atoms with van der Waals surface area (Å²) in [6, 6.07) is 12.0. The molecule has 4 rings (SSSR count). The molecule has 0 radical (unpaired) electrons. The Morgan fingerprint density at radius 3 is 2.54 bits per heavy atom. The highest BCUT2D eigenvalue weighted by molar-refractivity contribution is 6.07. The van der Waals surface area contributed by atoms with Gasteiger partial charge >= 0.3 is 0 Å². The van der Waals surface area contributed by atoms with Crippen LogP contribution < -0.4 is 10.1 Å². The zero-order valence-electron chi connectivity index (χ0n) is 19.1. The van der Waals surface area contributed by atoms with Crippen molar-refractivity contribution in [1.29, 1.82) is 5.26 Å². The van der Waals surface area contributed by atoms with Crippen molar-refractivity contribution in [2.45, 2.75) is 13.8 Å². The van der Waals surface area contributed by atoms with Crippen molar-refractivity contribution < 1.29 is 14.6 Å². The number of nitrogens with zero attached hydrogens (tertiary/aromatic N) is 7. The normalized spacial score (nSPS) is 10.8. The van der Waals surface area contributed by atoms with Crippen LogP contribution in [0.15, 0.2) is 65.2 Å². The number of anilines is 1. The monoisotopic (exact) mass is 468 g/mol. The lowest BCUT2D eigenvalue weighted by molar-refractivity contribution is 0.102. The van der Waals surface area contributed by atoms with Crippen molar-refractivity contribution in [3.63, 3.8) is 0 Å². The number of carbonyl (C=O) groups excluding carboxylic acids is 1. The van der Waals surface area contributed by atoms with Gasteiger partial charge in [-0.25, -0.2) is 9.97 Å². The average molecular weight is 468 g/mol. The molecule has 0 aliphatic heterocycles. The molecule has 2 N–H and O–H groups in total. The summed E-state index contributed by atoms with van der Waals surface area (Å²) in [6.07, 6.45) is 4.38. The summed E-state index contributed by atoms with van der Waals surface area (Å²) in [6.45, 7) is 3.54. The summed E-state index contributed by atoms with van der Waals surface area (Å²) in [5.41, 5.74) is 2.13. The third-order valence-corrected chi connectivity index (χ3v) is 5.23. The summed E-state index contributed by atoms with van der Waals surface area (Å²) >= 11 is 0. The molecular formula is C24H20N8O3. The quantitative estimate of drug-likeness (QED) is 0.394. The van der Waals surface area contributed by atoms with Crippen LogP contribution in [0, 0.1) is 25.2 Å². The topological polar surface area (TPSA) is 151 Å². The summed E-state index contributed by atoms with van der Waals surface area (Å²) < 4.78 is 6.39. The van der Waals surface area contributed by atoms with Crippen LogP contribution in [0.1, 0.15) is 27.0 Å². The number of hydrogen-bond acceptors (Lipinski definition) is 9. The van der Waals surface area contributed by atoms with Gasteiger partial charge in [0.1, 0.15) is 23.1 Å². The number of aromatic nitrogens is 4. The third kappa shape index (κ3) is 4.67. The maximum absolute atomic E-state index is 12.9. The van der Waals surface area contributed by atoms with Crippen LogP contribution in [0.25, 0.3) is 5.95 Å². The number of nitriles is 1. The Balaban J connectivity index is 1.71. The first-order valence-corrected chi connectivity index (χ1v) is 10.4. The molecule has 4 aromatic rings. The zero-order valence-corrected chi connectivity index (χ0v) is 19.1. The molecule has 0 unspecified atom stereocenters. The molecule has 174 valence electrons. The second kappa shape index (κ2) is 9.80. The fraction of sp³-hybridized carbons (Fsp3) is 0.125. The van der Waals surface area contributed by atoms with E-state index in [-0.39, 0.29) is 34.3 Å². The molecule has 0 aliphatic rings. The van der Waals surface area contributed by atoms with Crippen molar-refractivity contribution >= 4 is 23.1 Å². The third-order valence-electron chi connectivity index (χ3n) is 5.23. The Labute approximate surface area is 200 Å². The minimum atomic E-state index is -0.521. The number of phenolic OH excluding ortho intramolecular Hbond substituents is 1. The van der Waals surface area contributed by atoms with Gasteiger partial charge < -0.3 is 15.2 Å². The van der Waals surface area contributed by atoms with Crippen LogP contribution in [0.5, 0.6) is 11.5 Å². The number of azo groups is 1. The molecule has 2 heterocycles. The van der Waals surface area contributed by atoms with Gasteiger partial charge in [0, 0.05) is 18.1 Å². The predicted molar refractivity (Wildman–Crippen MR) is 127 cm³/mol. The van der Waals surface area contributed by atoms with Gasteiger partial charge in [0.05, 0.1) is 18.9 Å². The molecule has 0 saturated carbocycles. The first-order chi connectivity index (χ1) is 16.9. The van der Waals surface area contributed by atoms with Crippen LogP contribution in [-0.4, -0.2) is 37.9 Å². The average Bonchev–Trinajstić information content (AvgIpc) is 3.30. The number of ether oxygens (including phenoxy) is 1. The minimum Gasteiger partial charge on any atom is -0.505 e. The Kier molecular flexibility index (Phi) is 6.46. The molecule has 11 nitrogen and oxygen atoms in total. The number of hydrogen-bond donors (Lipinski definition) is 2. The molecule has 35 heavy (non-hydrogen) atoms. The lowest BCUT2D eigenvalue weighted by Gasteiger charge is -2.12. The van der Waals surface area contributed by atoms with E-state index in [0.717, 1.165) is 5.56 Å². The molecule has 0 aliphatic carbocycles. The fourth-order valence-electron chi connectivity index (χ4n) is 3.21. The van der Waals surface area contributed by atoms with Crippen molar-refractivity contribution in [2.24, 2.45) is 10.2 Å². The van der Waals surface area contributed by atoms with Crippen molar-refractivity contribution in [3.8, 4) is 23.5 Å². The Bertz CT molecular complexity index is 1460. The van der Waals surface area contributed by atoms with Gasteiger partial charge in [0.15, 0.2) is 11.6 Å². The number of phenols is 1. The minimum absolute atomic E-state index is 0.0262. The van der Waals surface area contributed by atoms with E-state index in [4.69, 9.17) is 4.74 Å². The van der Waals surface area contributed by atoms with Gasteiger partial charge in [-0.15, -0.1) is 10.2 Å². The standard InChI is InChI=1S/C24H20N8O3/c1-14-11-19(23(34)29-17-5-7-18(35-3)8-6-17)21(33)20(15(14)2)30-31-22-16(12-25)13-28-32(22)24-26-9-4-10-27-24/h4-11,13,33H,1-3H3,(H,29,34). The Morgan fingerprint density at radius 2 is 1.89 bits per heavy atom. The van der Waals surface area contributed by atoms with Gasteiger partial charge in [-0.05, 0) is 61.4 Å². The molecule has 0 saturated heterocycles. The molecule has 1 amide bonds. The van der Waals surface area contributed by atoms with E-state index < -0.39 is 5.91 Å². The first-order valence-electron chi connectivity index (χ1n) is 10.4. The van der Waals surface area contributed by atoms with E-state index in [1.807, 2.05) is 6.07 Å². The van der Waals surface area contributed by atoms with Gasteiger partial charge in [0.25, 0.3) is 11.9 Å². The number of carbonyl (C=O) groups is 1. The maximum Gasteiger partial charge on any atom is 0.259 e. The molecule has 0 bridgehead atoms. The lowest BCUT2D eigenvalue weighted by atomic mass is 10.0. The van der Waals surface area contributed by atoms with E-state index >= 15 is 0 Å². The molecule has 0 atom stereocenters. The van der Waals surface area contributed by atoms with Crippen LogP contribution >= 0.6 is 0 Å². The number of methoxy groups -OCH3 is 1. The van der Waals surface area contributed by atoms with Crippen molar-refractivity contribution in [1.82, 2.24) is 19.7 Å². The lowest BCUT2D eigenvalue weighted by Crippen LogP contribution is -2.12. The summed E-state index contributed by atoms with van der Waals surface area (Å²) in [7, 11) is 1.55. The summed E-state index contributed by atoms with van der Waals surface area (Å²) in [5.74, 6) is 0.0728. The number of rotatable bonds is 6. The smallest absolute Gasteiger partial charge is 0.259 e. The highest BCUT2D eigenvalue weighted by Gasteiger charge is 2.20. The number of aromatic hydroxyl groups is 1. The molecule has 11 heteroatoms. The number of benzene rings is 2. The van der Waals surface area contributed by atoms with E-state index in [1.165, 1.54) is 23.3 Å². The van der Waals surface area contributed by atoms with Crippen molar-refractivity contribution in [2.75, 3.05) is 12.4 Å². The molecule has 0 fully saturated rings. The van der Waals surface area contributed by atoms with E-state index in [0.29, 0.717) is 17.0 Å². The van der Waals surface area contributed by atoms with Gasteiger partial charge in [-0.3, -0.25) is 4.79 Å². The Morgan fingerprint density at radius 1 is 1.17 bits per heavy atom. The van der Waals surface area contributed by atoms with Crippen LogP contribution in [-0.2, 0) is 0 Å². The van der Waals surface area contributed by atoms with E-state index in [9.17, 15) is 15.2 Å². The fourth-order valence-corrected chi connectivity index (χ4v) is 3.21. The second-order valence-corrected chi connectivity index (χ2v) is 7.40. The van der Waals surface area contributed by atoms with Crippen LogP contribution in [0.4, 0.5) is 17.2 Å². The van der Waals surface area contributed by atoms with Gasteiger partial charge in [0.2, 0.25) is 0 Å². The molecule has 2 aromatic heterocycles. The predicted octanol–water partition coefficient (Wildman–Crippen LogP) is 4.53.